The maximum absolute atomic E-state index is 14.5. The number of anilines is 1. The quantitative estimate of drug-likeness (QED) is 0.494. The zero-order valence-electron chi connectivity index (χ0n) is 18.0. The number of nitrogens with one attached hydrogen (secondary N) is 2. The fourth-order valence-corrected chi connectivity index (χ4v) is 4.98. The summed E-state index contributed by atoms with van der Waals surface area (Å²) in [6.07, 6.45) is 7.21. The lowest BCUT2D eigenvalue weighted by molar-refractivity contribution is 0.446. The van der Waals surface area contributed by atoms with E-state index in [1.165, 1.54) is 12.1 Å². The van der Waals surface area contributed by atoms with E-state index in [0.717, 1.165) is 56.2 Å². The number of hydrogen-bond acceptors (Lipinski definition) is 6. The van der Waals surface area contributed by atoms with Crippen LogP contribution in [-0.4, -0.2) is 49.4 Å². The number of hydrogen-bond donors (Lipinski definition) is 2. The van der Waals surface area contributed by atoms with Crippen LogP contribution in [-0.2, 0) is 0 Å². The maximum atomic E-state index is 14.5. The molecule has 2 saturated heterocycles. The van der Waals surface area contributed by atoms with Gasteiger partial charge in [0.05, 0.1) is 17.8 Å². The molecule has 0 amide bonds. The molecular formula is C23H24F2N8. The Morgan fingerprint density at radius 3 is 2.79 bits per heavy atom. The monoisotopic (exact) mass is 450 g/mol. The number of piperidine rings is 1. The Hall–Kier alpha value is -3.40. The minimum absolute atomic E-state index is 0.267. The standard InChI is InChI=1S/C23H24F2N8/c24-15-3-4-18(25)16(12-15)19-2-1-10-32(19)20-7-11-33-23(28-20)17(13-27-33)22-29-21(30-31-22)14-5-8-26-9-6-14/h3-4,7,11-14,19,26H,1-2,5-6,8-10H2,(H,29,30,31)/t19-/m1/s1. The molecule has 6 rings (SSSR count). The van der Waals surface area contributed by atoms with E-state index >= 15 is 0 Å². The molecule has 1 aromatic carbocycles. The molecule has 10 heteroatoms. The van der Waals surface area contributed by atoms with Crippen LogP contribution < -0.4 is 10.2 Å². The van der Waals surface area contributed by atoms with Gasteiger partial charge in [-0.25, -0.2) is 23.3 Å². The molecule has 33 heavy (non-hydrogen) atoms. The first kappa shape index (κ1) is 20.2. The van der Waals surface area contributed by atoms with Gasteiger partial charge in [0, 0.05) is 24.2 Å². The summed E-state index contributed by atoms with van der Waals surface area (Å²) in [4.78, 5) is 11.6. The molecule has 2 aliphatic heterocycles. The normalized spacial score (nSPS) is 19.6. The maximum Gasteiger partial charge on any atom is 0.186 e. The van der Waals surface area contributed by atoms with E-state index in [4.69, 9.17) is 9.97 Å². The van der Waals surface area contributed by atoms with Gasteiger partial charge in [0.15, 0.2) is 11.5 Å². The van der Waals surface area contributed by atoms with Crippen molar-refractivity contribution in [2.45, 2.75) is 37.6 Å². The molecule has 0 unspecified atom stereocenters. The number of fused-ring (bicyclic) bond motifs is 1. The summed E-state index contributed by atoms with van der Waals surface area (Å²) in [6, 6.07) is 5.22. The molecule has 1 atom stereocenters. The van der Waals surface area contributed by atoms with Crippen molar-refractivity contribution in [3.63, 3.8) is 0 Å². The molecule has 2 fully saturated rings. The van der Waals surface area contributed by atoms with Crippen molar-refractivity contribution in [3.05, 3.63) is 59.7 Å². The van der Waals surface area contributed by atoms with Crippen molar-refractivity contribution in [2.75, 3.05) is 24.5 Å². The predicted molar refractivity (Wildman–Crippen MR) is 119 cm³/mol. The zero-order valence-corrected chi connectivity index (χ0v) is 18.0. The van der Waals surface area contributed by atoms with Crippen molar-refractivity contribution in [1.82, 2.24) is 35.1 Å². The third-order valence-electron chi connectivity index (χ3n) is 6.69. The van der Waals surface area contributed by atoms with Crippen molar-refractivity contribution < 1.29 is 8.78 Å². The fourth-order valence-electron chi connectivity index (χ4n) is 4.98. The Bertz CT molecular complexity index is 1290. The summed E-state index contributed by atoms with van der Waals surface area (Å²) >= 11 is 0. The SMILES string of the molecule is Fc1ccc(F)c([C@H]2CCCN2c2ccn3ncc(-c4n[nH]c(C5CCNCC5)n4)c3n2)c1. The largest absolute Gasteiger partial charge is 0.349 e. The van der Waals surface area contributed by atoms with Crippen LogP contribution >= 0.6 is 0 Å². The lowest BCUT2D eigenvalue weighted by Gasteiger charge is -2.26. The van der Waals surface area contributed by atoms with Crippen LogP contribution in [0, 0.1) is 11.6 Å². The van der Waals surface area contributed by atoms with Crippen molar-refractivity contribution in [1.29, 1.82) is 0 Å². The van der Waals surface area contributed by atoms with Crippen LogP contribution in [0.4, 0.5) is 14.6 Å². The van der Waals surface area contributed by atoms with Crippen LogP contribution in [0.25, 0.3) is 17.0 Å². The van der Waals surface area contributed by atoms with Gasteiger partial charge in [0.25, 0.3) is 0 Å². The topological polar surface area (TPSA) is 87.0 Å². The van der Waals surface area contributed by atoms with E-state index in [2.05, 4.69) is 20.6 Å². The molecule has 8 nitrogen and oxygen atoms in total. The number of aromatic amines is 1. The third kappa shape index (κ3) is 3.64. The van der Waals surface area contributed by atoms with Gasteiger partial charge in [-0.15, -0.1) is 0 Å². The Labute approximate surface area is 189 Å². The van der Waals surface area contributed by atoms with E-state index in [9.17, 15) is 8.78 Å². The van der Waals surface area contributed by atoms with E-state index in [0.29, 0.717) is 35.3 Å². The Morgan fingerprint density at radius 2 is 1.91 bits per heavy atom. The van der Waals surface area contributed by atoms with Crippen LogP contribution in [0.3, 0.4) is 0 Å². The highest BCUT2D eigenvalue weighted by molar-refractivity contribution is 5.73. The number of halogens is 2. The summed E-state index contributed by atoms with van der Waals surface area (Å²) in [5, 5.41) is 15.3. The van der Waals surface area contributed by atoms with Gasteiger partial charge in [-0.3, -0.25) is 5.10 Å². The van der Waals surface area contributed by atoms with Crippen LogP contribution in [0.1, 0.15) is 49.0 Å². The van der Waals surface area contributed by atoms with Gasteiger partial charge < -0.3 is 10.2 Å². The van der Waals surface area contributed by atoms with E-state index in [1.54, 1.807) is 10.7 Å². The minimum Gasteiger partial charge on any atom is -0.349 e. The first-order chi connectivity index (χ1) is 16.2. The van der Waals surface area contributed by atoms with Gasteiger partial charge in [0.1, 0.15) is 23.3 Å². The average molecular weight is 450 g/mol. The first-order valence-electron chi connectivity index (χ1n) is 11.4. The summed E-state index contributed by atoms with van der Waals surface area (Å²) in [5.74, 6) is 1.69. The summed E-state index contributed by atoms with van der Waals surface area (Å²) < 4.78 is 30.0. The molecular weight excluding hydrogens is 426 g/mol. The lowest BCUT2D eigenvalue weighted by atomic mass is 9.98. The van der Waals surface area contributed by atoms with Gasteiger partial charge in [0.2, 0.25) is 0 Å². The highest BCUT2D eigenvalue weighted by Crippen LogP contribution is 2.37. The summed E-state index contributed by atoms with van der Waals surface area (Å²) in [5.41, 5.74) is 1.73. The molecule has 5 heterocycles. The number of nitrogens with zero attached hydrogens (tertiary/aromatic N) is 6. The average Bonchev–Trinajstić information content (AvgIpc) is 3.60. The Balaban J connectivity index is 1.34. The smallest absolute Gasteiger partial charge is 0.186 e. The molecule has 0 spiro atoms. The lowest BCUT2D eigenvalue weighted by Crippen LogP contribution is -2.27. The summed E-state index contributed by atoms with van der Waals surface area (Å²) in [7, 11) is 0. The van der Waals surface area contributed by atoms with Crippen molar-refractivity contribution in [2.24, 2.45) is 0 Å². The van der Waals surface area contributed by atoms with Crippen LogP contribution in [0.2, 0.25) is 0 Å². The van der Waals surface area contributed by atoms with E-state index in [-0.39, 0.29) is 6.04 Å². The Morgan fingerprint density at radius 1 is 1.03 bits per heavy atom. The molecule has 0 saturated carbocycles. The van der Waals surface area contributed by atoms with Gasteiger partial charge in [-0.2, -0.15) is 10.2 Å². The van der Waals surface area contributed by atoms with Gasteiger partial charge in [-0.1, -0.05) is 0 Å². The second-order valence-corrected chi connectivity index (χ2v) is 8.70. The first-order valence-corrected chi connectivity index (χ1v) is 11.4. The van der Waals surface area contributed by atoms with Crippen molar-refractivity contribution in [3.8, 4) is 11.4 Å². The Kier molecular flexibility index (Phi) is 5.01. The fraction of sp³-hybridized carbons (Fsp3) is 0.391. The molecule has 2 aliphatic rings. The zero-order chi connectivity index (χ0) is 22.4. The van der Waals surface area contributed by atoms with Crippen LogP contribution in [0.15, 0.2) is 36.7 Å². The molecule has 0 bridgehead atoms. The van der Waals surface area contributed by atoms with E-state index < -0.39 is 11.6 Å². The van der Waals surface area contributed by atoms with Crippen molar-refractivity contribution >= 4 is 11.5 Å². The molecule has 4 aromatic rings. The minimum atomic E-state index is -0.436. The number of rotatable bonds is 4. The summed E-state index contributed by atoms with van der Waals surface area (Å²) in [6.45, 7) is 2.67. The molecule has 3 aromatic heterocycles. The molecule has 0 aliphatic carbocycles. The molecule has 2 N–H and O–H groups in total. The second-order valence-electron chi connectivity index (χ2n) is 8.70. The molecule has 0 radical (unpaired) electrons. The highest BCUT2D eigenvalue weighted by Gasteiger charge is 2.30. The second kappa shape index (κ2) is 8.18. The highest BCUT2D eigenvalue weighted by atomic mass is 19.1. The van der Waals surface area contributed by atoms with Crippen LogP contribution in [0.5, 0.6) is 0 Å². The third-order valence-corrected chi connectivity index (χ3v) is 6.69. The predicted octanol–water partition coefficient (Wildman–Crippen LogP) is 3.60. The van der Waals surface area contributed by atoms with Gasteiger partial charge in [-0.05, 0) is 63.0 Å². The van der Waals surface area contributed by atoms with E-state index in [1.807, 2.05) is 17.2 Å². The van der Waals surface area contributed by atoms with Gasteiger partial charge >= 0.3 is 0 Å². The number of benzene rings is 1. The molecule has 170 valence electrons. The number of H-pyrrole nitrogens is 1. The number of aromatic nitrogens is 6.